The molecular formula is C14H11NO2. The minimum atomic E-state index is -0.276. The molecule has 1 aliphatic rings. The van der Waals surface area contributed by atoms with Crippen molar-refractivity contribution in [2.24, 2.45) is 0 Å². The van der Waals surface area contributed by atoms with E-state index in [2.05, 4.69) is 11.1 Å². The summed E-state index contributed by atoms with van der Waals surface area (Å²) >= 11 is 0. The number of esters is 1. The van der Waals surface area contributed by atoms with Gasteiger partial charge in [0.2, 0.25) is 0 Å². The number of hydrogen-bond donors (Lipinski definition) is 0. The first-order valence-electron chi connectivity index (χ1n) is 5.47. The summed E-state index contributed by atoms with van der Waals surface area (Å²) < 4.78 is 4.94. The largest absolute Gasteiger partial charge is 0.456 e. The van der Waals surface area contributed by atoms with E-state index in [0.717, 1.165) is 16.8 Å². The summed E-state index contributed by atoms with van der Waals surface area (Å²) in [6.07, 6.45) is 1.79. The summed E-state index contributed by atoms with van der Waals surface area (Å²) in [5.41, 5.74) is 4.52. The Morgan fingerprint density at radius 1 is 1.24 bits per heavy atom. The van der Waals surface area contributed by atoms with Gasteiger partial charge in [0.25, 0.3) is 0 Å². The summed E-state index contributed by atoms with van der Waals surface area (Å²) in [6, 6.07) is 9.97. The van der Waals surface area contributed by atoms with Crippen LogP contribution in [0.3, 0.4) is 0 Å². The first-order chi connectivity index (χ1) is 8.24. The van der Waals surface area contributed by atoms with Crippen LogP contribution in [0.25, 0.3) is 11.1 Å². The fraction of sp³-hybridized carbons (Fsp3) is 0.143. The van der Waals surface area contributed by atoms with Gasteiger partial charge in [-0.15, -0.1) is 0 Å². The van der Waals surface area contributed by atoms with Crippen molar-refractivity contribution in [1.82, 2.24) is 4.98 Å². The highest BCUT2D eigenvalue weighted by atomic mass is 16.5. The molecule has 3 nitrogen and oxygen atoms in total. The minimum Gasteiger partial charge on any atom is -0.456 e. The lowest BCUT2D eigenvalue weighted by molar-refractivity contribution is 0.0533. The maximum Gasteiger partial charge on any atom is 0.340 e. The number of pyridine rings is 1. The quantitative estimate of drug-likeness (QED) is 0.700. The van der Waals surface area contributed by atoms with E-state index in [4.69, 9.17) is 4.74 Å². The molecule has 84 valence electrons. The molecule has 1 aliphatic heterocycles. The number of aryl methyl sites for hydroxylation is 1. The van der Waals surface area contributed by atoms with Crippen LogP contribution in [0.1, 0.15) is 21.6 Å². The maximum absolute atomic E-state index is 11.5. The van der Waals surface area contributed by atoms with E-state index in [1.54, 1.807) is 6.20 Å². The van der Waals surface area contributed by atoms with Crippen molar-refractivity contribution in [1.29, 1.82) is 0 Å². The van der Waals surface area contributed by atoms with Crippen LogP contribution in [0.5, 0.6) is 0 Å². The molecule has 3 heteroatoms. The number of aromatic nitrogens is 1. The van der Waals surface area contributed by atoms with Crippen LogP contribution >= 0.6 is 0 Å². The fourth-order valence-corrected chi connectivity index (χ4v) is 1.98. The highest BCUT2D eigenvalue weighted by Gasteiger charge is 2.22. The molecule has 2 heterocycles. The molecule has 0 radical (unpaired) electrons. The van der Waals surface area contributed by atoms with E-state index in [0.29, 0.717) is 12.2 Å². The Labute approximate surface area is 99.1 Å². The molecule has 2 aromatic rings. The van der Waals surface area contributed by atoms with Gasteiger partial charge in [-0.05, 0) is 18.6 Å². The topological polar surface area (TPSA) is 39.2 Å². The molecule has 3 rings (SSSR count). The Bertz CT molecular complexity index is 605. The number of benzene rings is 1. The van der Waals surface area contributed by atoms with Crippen LogP contribution in [0.4, 0.5) is 0 Å². The number of fused-ring (bicyclic) bond motifs is 1. The van der Waals surface area contributed by atoms with Crippen LogP contribution in [-0.2, 0) is 11.3 Å². The molecule has 1 aromatic carbocycles. The van der Waals surface area contributed by atoms with E-state index < -0.39 is 0 Å². The SMILES string of the molecule is Cc1cccc(-c2cnc3c(c2)C(=O)OC3)c1. The lowest BCUT2D eigenvalue weighted by Crippen LogP contribution is -1.95. The third-order valence-corrected chi connectivity index (χ3v) is 2.88. The molecule has 0 amide bonds. The van der Waals surface area contributed by atoms with Gasteiger partial charge in [-0.2, -0.15) is 0 Å². The van der Waals surface area contributed by atoms with Crippen LogP contribution in [0.2, 0.25) is 0 Å². The number of ether oxygens (including phenoxy) is 1. The Morgan fingerprint density at radius 3 is 2.94 bits per heavy atom. The first-order valence-corrected chi connectivity index (χ1v) is 5.47. The zero-order chi connectivity index (χ0) is 11.8. The Hall–Kier alpha value is -2.16. The molecule has 0 unspecified atom stereocenters. The van der Waals surface area contributed by atoms with E-state index in [1.165, 1.54) is 5.56 Å². The van der Waals surface area contributed by atoms with Gasteiger partial charge in [-0.25, -0.2) is 4.79 Å². The normalized spacial score (nSPS) is 13.4. The van der Waals surface area contributed by atoms with E-state index in [-0.39, 0.29) is 5.97 Å². The molecule has 0 aliphatic carbocycles. The van der Waals surface area contributed by atoms with Gasteiger partial charge < -0.3 is 4.74 Å². The van der Waals surface area contributed by atoms with Crippen molar-refractivity contribution >= 4 is 5.97 Å². The number of carbonyl (C=O) groups excluding carboxylic acids is 1. The van der Waals surface area contributed by atoms with Gasteiger partial charge in [0.15, 0.2) is 0 Å². The average molecular weight is 225 g/mol. The average Bonchev–Trinajstić information content (AvgIpc) is 2.71. The number of carbonyl (C=O) groups is 1. The van der Waals surface area contributed by atoms with Crippen molar-refractivity contribution in [3.8, 4) is 11.1 Å². The second-order valence-electron chi connectivity index (χ2n) is 4.16. The van der Waals surface area contributed by atoms with Crippen molar-refractivity contribution in [2.45, 2.75) is 13.5 Å². The summed E-state index contributed by atoms with van der Waals surface area (Å²) in [5.74, 6) is -0.276. The van der Waals surface area contributed by atoms with Crippen LogP contribution in [0.15, 0.2) is 36.5 Å². The van der Waals surface area contributed by atoms with Gasteiger partial charge in [0, 0.05) is 11.8 Å². The standard InChI is InChI=1S/C14H11NO2/c1-9-3-2-4-10(5-9)11-6-12-13(15-7-11)8-17-14(12)16/h2-7H,8H2,1H3. The van der Waals surface area contributed by atoms with Crippen LogP contribution < -0.4 is 0 Å². The molecule has 1 aromatic heterocycles. The van der Waals surface area contributed by atoms with Gasteiger partial charge in [0.05, 0.1) is 11.3 Å². The summed E-state index contributed by atoms with van der Waals surface area (Å²) in [6.45, 7) is 2.33. The third kappa shape index (κ3) is 1.69. The molecule has 0 fully saturated rings. The van der Waals surface area contributed by atoms with Gasteiger partial charge >= 0.3 is 5.97 Å². The number of rotatable bonds is 1. The second-order valence-corrected chi connectivity index (χ2v) is 4.16. The molecule has 17 heavy (non-hydrogen) atoms. The molecule has 0 spiro atoms. The smallest absolute Gasteiger partial charge is 0.340 e. The van der Waals surface area contributed by atoms with Crippen molar-refractivity contribution in [2.75, 3.05) is 0 Å². The summed E-state index contributed by atoms with van der Waals surface area (Å²) in [7, 11) is 0. The van der Waals surface area contributed by atoms with Gasteiger partial charge in [0.1, 0.15) is 6.61 Å². The lowest BCUT2D eigenvalue weighted by Gasteiger charge is -2.03. The van der Waals surface area contributed by atoms with Crippen LogP contribution in [-0.4, -0.2) is 11.0 Å². The first kappa shape index (κ1) is 10.0. The minimum absolute atomic E-state index is 0.276. The van der Waals surface area contributed by atoms with Crippen molar-refractivity contribution in [3.05, 3.63) is 53.3 Å². The Kier molecular flexibility index (Phi) is 2.18. The van der Waals surface area contributed by atoms with Crippen molar-refractivity contribution < 1.29 is 9.53 Å². The Balaban J connectivity index is 2.11. The fourth-order valence-electron chi connectivity index (χ4n) is 1.98. The molecule has 0 saturated carbocycles. The van der Waals surface area contributed by atoms with E-state index >= 15 is 0 Å². The molecular weight excluding hydrogens is 214 g/mol. The summed E-state index contributed by atoms with van der Waals surface area (Å²) in [5, 5.41) is 0. The van der Waals surface area contributed by atoms with Crippen LogP contribution in [0, 0.1) is 6.92 Å². The molecule has 0 bridgehead atoms. The number of cyclic esters (lactones) is 1. The Morgan fingerprint density at radius 2 is 2.12 bits per heavy atom. The van der Waals surface area contributed by atoms with E-state index in [1.807, 2.05) is 31.2 Å². The lowest BCUT2D eigenvalue weighted by atomic mass is 10.0. The monoisotopic (exact) mass is 225 g/mol. The predicted octanol–water partition coefficient (Wildman–Crippen LogP) is 2.73. The maximum atomic E-state index is 11.5. The second kappa shape index (κ2) is 3.70. The highest BCUT2D eigenvalue weighted by Crippen LogP contribution is 2.25. The van der Waals surface area contributed by atoms with Gasteiger partial charge in [-0.1, -0.05) is 29.8 Å². The zero-order valence-corrected chi connectivity index (χ0v) is 9.43. The molecule has 0 saturated heterocycles. The number of nitrogens with zero attached hydrogens (tertiary/aromatic N) is 1. The summed E-state index contributed by atoms with van der Waals surface area (Å²) in [4.78, 5) is 15.7. The third-order valence-electron chi connectivity index (χ3n) is 2.88. The number of hydrogen-bond acceptors (Lipinski definition) is 3. The van der Waals surface area contributed by atoms with Crippen molar-refractivity contribution in [3.63, 3.8) is 0 Å². The van der Waals surface area contributed by atoms with E-state index in [9.17, 15) is 4.79 Å². The zero-order valence-electron chi connectivity index (χ0n) is 9.43. The highest BCUT2D eigenvalue weighted by molar-refractivity contribution is 5.94. The van der Waals surface area contributed by atoms with Gasteiger partial charge in [-0.3, -0.25) is 4.98 Å². The molecule has 0 N–H and O–H groups in total. The predicted molar refractivity (Wildman–Crippen MR) is 63.5 cm³/mol. The molecule has 0 atom stereocenters.